The lowest BCUT2D eigenvalue weighted by Crippen LogP contribution is -2.63. The average molecular weight is 1100 g/mol. The zero-order valence-corrected chi connectivity index (χ0v) is 44.6. The molecular weight excluding hydrogens is 1030 g/mol. The maximum atomic E-state index is 16.1. The summed E-state index contributed by atoms with van der Waals surface area (Å²) in [4.78, 5) is 63.1. The predicted octanol–water partition coefficient (Wildman–Crippen LogP) is 7.40. The number of hydrogen-bond acceptors (Lipinski definition) is 11. The van der Waals surface area contributed by atoms with Crippen LogP contribution < -0.4 is 26.3 Å². The van der Waals surface area contributed by atoms with Crippen molar-refractivity contribution in [2.24, 2.45) is 10.8 Å². The summed E-state index contributed by atoms with van der Waals surface area (Å²) in [6.45, 7) is 5.04. The number of ether oxygens (including phenoxy) is 1. The standard InChI is InChI=1S/C55H67F7N10O6/c1-8-46(74)65-47(53(2,3)4)50(76)68-70(30-39-40(56)25-35(26-41(39)57)42-22-23-71(67-42)51(58)59)31-44(73)43(64-49(75)48(66-52(77)78-7)54(5,6)55(60,61)62)24-33-15-12-32(13-16-33)14-17-34-18-21-45(63-27-34)69-28-37-19-20-38(29-69)72(37)36-10-9-11-36/h12-13,15-16,18,21-23,25-27,36-38,43-44,47-48,51,73H,8-11,19-20,24,28-31H2,1-7H3,(H,64,75)(H,65,74)(H,66,77)(H,68,76)/t37?,38?,43-,44-,47+,48+/m0/s1. The molecule has 3 aliphatic rings. The first kappa shape index (κ1) is 58.9. The van der Waals surface area contributed by atoms with E-state index < -0.39 is 102 Å². The molecule has 0 radical (unpaired) electrons. The molecule has 2 saturated heterocycles. The summed E-state index contributed by atoms with van der Waals surface area (Å²) in [5.74, 6) is 1.85. The van der Waals surface area contributed by atoms with Crippen LogP contribution >= 0.6 is 0 Å². The number of methoxy groups -OCH3 is 1. The van der Waals surface area contributed by atoms with Crippen LogP contribution in [0.3, 0.4) is 0 Å². The number of amides is 4. The number of nitrogens with one attached hydrogen (secondary N) is 4. The molecule has 1 aliphatic carbocycles. The molecule has 4 aromatic rings. The minimum absolute atomic E-state index is 0.0171. The fourth-order valence-electron chi connectivity index (χ4n) is 9.99. The first-order valence-corrected chi connectivity index (χ1v) is 25.9. The highest BCUT2D eigenvalue weighted by Crippen LogP contribution is 2.41. The van der Waals surface area contributed by atoms with Gasteiger partial charge in [-0.1, -0.05) is 58.1 Å². The Balaban J connectivity index is 1.16. The van der Waals surface area contributed by atoms with Gasteiger partial charge in [0.1, 0.15) is 29.5 Å². The van der Waals surface area contributed by atoms with Gasteiger partial charge in [0.25, 0.3) is 5.91 Å². The molecule has 4 heterocycles. The Morgan fingerprint density at radius 2 is 1.46 bits per heavy atom. The van der Waals surface area contributed by atoms with Crippen molar-refractivity contribution in [2.75, 3.05) is 31.6 Å². The van der Waals surface area contributed by atoms with Crippen molar-refractivity contribution in [3.05, 3.63) is 101 Å². The van der Waals surface area contributed by atoms with Crippen LogP contribution in [0.5, 0.6) is 0 Å². The highest BCUT2D eigenvalue weighted by molar-refractivity contribution is 5.88. The van der Waals surface area contributed by atoms with Crippen molar-refractivity contribution in [3.8, 4) is 23.1 Å². The van der Waals surface area contributed by atoms with Crippen molar-refractivity contribution >= 4 is 29.6 Å². The van der Waals surface area contributed by atoms with Crippen LogP contribution in [0, 0.1) is 34.3 Å². The second-order valence-corrected chi connectivity index (χ2v) is 21.8. The zero-order valence-electron chi connectivity index (χ0n) is 44.6. The van der Waals surface area contributed by atoms with Crippen molar-refractivity contribution in [2.45, 2.75) is 148 Å². The van der Waals surface area contributed by atoms with E-state index in [4.69, 9.17) is 4.98 Å². The van der Waals surface area contributed by atoms with Gasteiger partial charge in [0.15, 0.2) is 0 Å². The highest BCUT2D eigenvalue weighted by Gasteiger charge is 2.56. The maximum absolute atomic E-state index is 16.1. The molecule has 2 aromatic heterocycles. The number of carbonyl (C=O) groups excluding carboxylic acids is 4. The fraction of sp³-hybridized carbons (Fsp3) is 0.527. The van der Waals surface area contributed by atoms with Gasteiger partial charge in [-0.25, -0.2) is 28.3 Å². The number of fused-ring (bicyclic) bond motifs is 2. The molecule has 16 nitrogen and oxygen atoms in total. The van der Waals surface area contributed by atoms with E-state index >= 15 is 8.78 Å². The molecule has 3 fully saturated rings. The Morgan fingerprint density at radius 3 is 1.99 bits per heavy atom. The van der Waals surface area contributed by atoms with Gasteiger partial charge in [-0.15, -0.1) is 0 Å². The number of nitrogens with zero attached hydrogens (tertiary/aromatic N) is 6. The first-order chi connectivity index (χ1) is 36.8. The number of aliphatic hydroxyl groups excluding tert-OH is 1. The maximum Gasteiger partial charge on any atom is 0.407 e. The molecule has 2 aromatic carbocycles. The molecule has 6 atom stereocenters. The highest BCUT2D eigenvalue weighted by atomic mass is 19.4. The minimum Gasteiger partial charge on any atom is -0.453 e. The number of anilines is 1. The smallest absolute Gasteiger partial charge is 0.407 e. The van der Waals surface area contributed by atoms with Crippen LogP contribution in [0.15, 0.2) is 67.0 Å². The second-order valence-electron chi connectivity index (χ2n) is 21.8. The Hall–Kier alpha value is -6.77. The number of hydrazine groups is 1. The molecule has 5 N–H and O–H groups in total. The van der Waals surface area contributed by atoms with Gasteiger partial charge in [0.2, 0.25) is 11.8 Å². The third kappa shape index (κ3) is 14.1. The molecule has 0 spiro atoms. The van der Waals surface area contributed by atoms with Gasteiger partial charge in [-0.3, -0.25) is 24.7 Å². The van der Waals surface area contributed by atoms with Gasteiger partial charge in [-0.05, 0) is 99.4 Å². The molecule has 78 heavy (non-hydrogen) atoms. The van der Waals surface area contributed by atoms with Crippen molar-refractivity contribution < 1.29 is 59.8 Å². The van der Waals surface area contributed by atoms with Crippen LogP contribution in [0.2, 0.25) is 0 Å². The predicted molar refractivity (Wildman–Crippen MR) is 275 cm³/mol. The molecule has 422 valence electrons. The van der Waals surface area contributed by atoms with Gasteiger partial charge < -0.3 is 30.7 Å². The Morgan fingerprint density at radius 1 is 0.833 bits per heavy atom. The molecular formula is C55H67F7N10O6. The van der Waals surface area contributed by atoms with E-state index in [1.807, 2.05) is 17.4 Å². The van der Waals surface area contributed by atoms with Crippen molar-refractivity contribution in [1.29, 1.82) is 0 Å². The van der Waals surface area contributed by atoms with Gasteiger partial charge >= 0.3 is 18.8 Å². The molecule has 2 unspecified atom stereocenters. The van der Waals surface area contributed by atoms with E-state index in [1.165, 1.54) is 32.1 Å². The lowest BCUT2D eigenvalue weighted by atomic mass is 9.82. The van der Waals surface area contributed by atoms with Crippen molar-refractivity contribution in [1.82, 2.24) is 46.0 Å². The molecule has 2 aliphatic heterocycles. The Labute approximate surface area is 448 Å². The summed E-state index contributed by atoms with van der Waals surface area (Å²) in [7, 11) is 0.889. The van der Waals surface area contributed by atoms with Crippen molar-refractivity contribution in [3.63, 3.8) is 0 Å². The number of pyridine rings is 1. The van der Waals surface area contributed by atoms with Crippen LogP contribution in [-0.2, 0) is 32.1 Å². The van der Waals surface area contributed by atoms with E-state index in [0.29, 0.717) is 48.7 Å². The van der Waals surface area contributed by atoms with E-state index in [-0.39, 0.29) is 28.8 Å². The van der Waals surface area contributed by atoms with Crippen LogP contribution in [0.25, 0.3) is 11.3 Å². The molecule has 7 rings (SSSR count). The number of aliphatic hydroxyl groups is 1. The normalized spacial score (nSPS) is 18.6. The number of alkyl halides is 5. The van der Waals surface area contributed by atoms with Gasteiger partial charge in [0.05, 0.1) is 30.4 Å². The fourth-order valence-corrected chi connectivity index (χ4v) is 9.99. The summed E-state index contributed by atoms with van der Waals surface area (Å²) >= 11 is 0. The first-order valence-electron chi connectivity index (χ1n) is 25.9. The second kappa shape index (κ2) is 24.5. The number of carbonyl (C=O) groups is 4. The monoisotopic (exact) mass is 1100 g/mol. The van der Waals surface area contributed by atoms with Gasteiger partial charge in [-0.2, -0.15) is 27.1 Å². The minimum atomic E-state index is -5.08. The average Bonchev–Trinajstić information content (AvgIpc) is 3.96. The van der Waals surface area contributed by atoms with Crippen LogP contribution in [0.1, 0.15) is 109 Å². The topological polar surface area (TPSA) is 186 Å². The molecule has 1 saturated carbocycles. The van der Waals surface area contributed by atoms with Crippen LogP contribution in [0.4, 0.5) is 41.3 Å². The largest absolute Gasteiger partial charge is 0.453 e. The number of benzene rings is 2. The number of alkyl carbamates (subject to hydrolysis) is 1. The third-order valence-corrected chi connectivity index (χ3v) is 14.8. The molecule has 2 bridgehead atoms. The molecule has 23 heteroatoms. The van der Waals surface area contributed by atoms with Gasteiger partial charge in [0, 0.05) is 85.4 Å². The number of hydrogen-bond donors (Lipinski definition) is 5. The van der Waals surface area contributed by atoms with E-state index in [1.54, 1.807) is 58.2 Å². The number of halogens is 7. The number of aromatic nitrogens is 3. The van der Waals surface area contributed by atoms with E-state index in [0.717, 1.165) is 55.4 Å². The lowest BCUT2D eigenvalue weighted by Gasteiger charge is -2.48. The zero-order chi connectivity index (χ0) is 56.9. The molecule has 4 amide bonds. The van der Waals surface area contributed by atoms with E-state index in [9.17, 15) is 46.2 Å². The van der Waals surface area contributed by atoms with Crippen LogP contribution in [-0.4, -0.2) is 129 Å². The quantitative estimate of drug-likeness (QED) is 0.0358. The summed E-state index contributed by atoms with van der Waals surface area (Å²) in [6, 6.07) is 9.77. The summed E-state index contributed by atoms with van der Waals surface area (Å²) in [6.07, 6.45) is 0.216. The number of rotatable bonds is 19. The SMILES string of the molecule is CCC(=O)N[C@H](C(=O)NN(Cc1c(F)cc(-c2ccn(C(F)F)n2)cc1F)C[C@H](O)[C@H](Cc1ccc(C#Cc2ccc(N3CC4CCC(C3)N4C3CCC3)nc2)cc1)NC(=O)[C@@H](NC(=O)OC)C(C)(C)C(F)(F)F)C(C)(C)C. The summed E-state index contributed by atoms with van der Waals surface area (Å²) in [5, 5.41) is 23.7. The third-order valence-electron chi connectivity index (χ3n) is 14.8. The Bertz CT molecular complexity index is 2790. The summed E-state index contributed by atoms with van der Waals surface area (Å²) in [5.41, 5.74) is -0.828. The van der Waals surface area contributed by atoms with E-state index in [2.05, 4.69) is 47.5 Å². The summed E-state index contributed by atoms with van der Waals surface area (Å²) < 4.78 is 107. The lowest BCUT2D eigenvalue weighted by molar-refractivity contribution is -0.220. The number of piperazine rings is 1. The Kier molecular flexibility index (Phi) is 18.5.